The molecule has 4 heteroatoms. The predicted molar refractivity (Wildman–Crippen MR) is 73.5 cm³/mol. The van der Waals surface area contributed by atoms with Crippen LogP contribution in [0.15, 0.2) is 12.2 Å². The van der Waals surface area contributed by atoms with Gasteiger partial charge in [0.15, 0.2) is 8.32 Å². The Labute approximate surface area is 106 Å². The SMILES string of the molecule is CC(=O)OC/C=C/CCO[Si](C)(C)C(C)(C)C. The fourth-order valence-corrected chi connectivity index (χ4v) is 2.01. The molecule has 0 aromatic rings. The number of hydrogen-bond donors (Lipinski definition) is 0. The van der Waals surface area contributed by atoms with Gasteiger partial charge in [0.25, 0.3) is 0 Å². The van der Waals surface area contributed by atoms with Crippen molar-refractivity contribution in [2.45, 2.75) is 52.2 Å². The second-order valence-corrected chi connectivity index (χ2v) is 10.5. The van der Waals surface area contributed by atoms with Crippen LogP contribution in [0.4, 0.5) is 0 Å². The third-order valence-corrected chi connectivity index (χ3v) is 7.64. The van der Waals surface area contributed by atoms with Gasteiger partial charge in [0, 0.05) is 13.5 Å². The molecule has 0 N–H and O–H groups in total. The van der Waals surface area contributed by atoms with E-state index in [4.69, 9.17) is 9.16 Å². The molecule has 100 valence electrons. The quantitative estimate of drug-likeness (QED) is 0.316. The molecular weight excluding hydrogens is 232 g/mol. The first kappa shape index (κ1) is 16.4. The van der Waals surface area contributed by atoms with Crippen LogP contribution in [0.2, 0.25) is 18.1 Å². The van der Waals surface area contributed by atoms with Crippen LogP contribution in [0, 0.1) is 0 Å². The summed E-state index contributed by atoms with van der Waals surface area (Å²) in [5.74, 6) is -0.243. The monoisotopic (exact) mass is 258 g/mol. The van der Waals surface area contributed by atoms with Crippen molar-refractivity contribution in [3.05, 3.63) is 12.2 Å². The van der Waals surface area contributed by atoms with E-state index in [1.807, 2.05) is 12.2 Å². The van der Waals surface area contributed by atoms with Crippen molar-refractivity contribution >= 4 is 14.3 Å². The second kappa shape index (κ2) is 6.96. The third-order valence-electron chi connectivity index (χ3n) is 3.10. The maximum Gasteiger partial charge on any atom is 0.302 e. The van der Waals surface area contributed by atoms with Crippen LogP contribution in [0.5, 0.6) is 0 Å². The molecule has 0 unspecified atom stereocenters. The van der Waals surface area contributed by atoms with Crippen molar-refractivity contribution in [3.8, 4) is 0 Å². The number of carbonyl (C=O) groups excluding carboxylic acids is 1. The Morgan fingerprint density at radius 2 is 1.82 bits per heavy atom. The summed E-state index contributed by atoms with van der Waals surface area (Å²) in [6, 6.07) is 0. The Kier molecular flexibility index (Phi) is 6.71. The molecule has 0 spiro atoms. The van der Waals surface area contributed by atoms with Gasteiger partial charge in [0.1, 0.15) is 6.61 Å². The first-order valence-electron chi connectivity index (χ1n) is 6.09. The molecule has 17 heavy (non-hydrogen) atoms. The van der Waals surface area contributed by atoms with Crippen molar-refractivity contribution in [2.75, 3.05) is 13.2 Å². The van der Waals surface area contributed by atoms with E-state index in [1.54, 1.807) is 0 Å². The van der Waals surface area contributed by atoms with Gasteiger partial charge in [-0.15, -0.1) is 0 Å². The summed E-state index contributed by atoms with van der Waals surface area (Å²) >= 11 is 0. The highest BCUT2D eigenvalue weighted by Gasteiger charge is 2.36. The molecule has 0 aliphatic carbocycles. The molecular formula is C13H26O3Si. The molecule has 0 atom stereocenters. The molecule has 0 aromatic heterocycles. The fraction of sp³-hybridized carbons (Fsp3) is 0.769. The van der Waals surface area contributed by atoms with Crippen molar-refractivity contribution in [1.29, 1.82) is 0 Å². The van der Waals surface area contributed by atoms with Gasteiger partial charge in [-0.3, -0.25) is 4.79 Å². The zero-order valence-electron chi connectivity index (χ0n) is 12.0. The average molecular weight is 258 g/mol. The van der Waals surface area contributed by atoms with Crippen LogP contribution in [-0.4, -0.2) is 27.5 Å². The summed E-state index contributed by atoms with van der Waals surface area (Å²) in [6.07, 6.45) is 4.72. The zero-order valence-corrected chi connectivity index (χ0v) is 13.0. The molecule has 0 heterocycles. The Hall–Kier alpha value is -0.613. The number of hydrogen-bond acceptors (Lipinski definition) is 3. The Morgan fingerprint density at radius 3 is 2.29 bits per heavy atom. The van der Waals surface area contributed by atoms with Gasteiger partial charge < -0.3 is 9.16 Å². The zero-order chi connectivity index (χ0) is 13.5. The van der Waals surface area contributed by atoms with E-state index in [9.17, 15) is 4.79 Å². The van der Waals surface area contributed by atoms with Gasteiger partial charge in [-0.05, 0) is 24.6 Å². The lowest BCUT2D eigenvalue weighted by Crippen LogP contribution is -2.40. The molecule has 0 aliphatic rings. The third kappa shape index (κ3) is 7.34. The predicted octanol–water partition coefficient (Wildman–Crippen LogP) is 3.52. The van der Waals surface area contributed by atoms with Crippen LogP contribution in [-0.2, 0) is 14.0 Å². The summed E-state index contributed by atoms with van der Waals surface area (Å²) in [5.41, 5.74) is 0. The maximum absolute atomic E-state index is 10.5. The molecule has 0 amide bonds. The molecule has 0 aromatic carbocycles. The van der Waals surface area contributed by atoms with E-state index in [0.29, 0.717) is 6.61 Å². The highest BCUT2D eigenvalue weighted by atomic mass is 28.4. The van der Waals surface area contributed by atoms with Gasteiger partial charge in [-0.2, -0.15) is 0 Å². The topological polar surface area (TPSA) is 35.5 Å². The smallest absolute Gasteiger partial charge is 0.302 e. The van der Waals surface area contributed by atoms with Crippen LogP contribution in [0.3, 0.4) is 0 Å². The number of ether oxygens (including phenoxy) is 1. The van der Waals surface area contributed by atoms with Gasteiger partial charge >= 0.3 is 5.97 Å². The number of carbonyl (C=O) groups is 1. The normalized spacial score (nSPS) is 13.1. The lowest BCUT2D eigenvalue weighted by molar-refractivity contribution is -0.139. The number of rotatable bonds is 6. The second-order valence-electron chi connectivity index (χ2n) is 5.67. The molecule has 0 bridgehead atoms. The Balaban J connectivity index is 3.75. The standard InChI is InChI=1S/C13H26O3Si/c1-12(14)15-10-8-7-9-11-16-17(5,6)13(2,3)4/h7-8H,9-11H2,1-6H3/b8-7+. The summed E-state index contributed by atoms with van der Waals surface area (Å²) in [4.78, 5) is 10.5. The molecule has 0 saturated carbocycles. The van der Waals surface area contributed by atoms with E-state index in [1.165, 1.54) is 6.92 Å². The number of esters is 1. The van der Waals surface area contributed by atoms with Gasteiger partial charge in [-0.1, -0.05) is 32.9 Å². The Bertz CT molecular complexity index is 264. The first-order valence-corrected chi connectivity index (χ1v) is 9.00. The summed E-state index contributed by atoms with van der Waals surface area (Å²) in [6.45, 7) is 13.7. The highest BCUT2D eigenvalue weighted by molar-refractivity contribution is 6.74. The molecule has 3 nitrogen and oxygen atoms in total. The lowest BCUT2D eigenvalue weighted by Gasteiger charge is -2.36. The molecule has 0 radical (unpaired) electrons. The summed E-state index contributed by atoms with van der Waals surface area (Å²) in [5, 5.41) is 0.258. The van der Waals surface area contributed by atoms with Crippen molar-refractivity contribution in [3.63, 3.8) is 0 Å². The van der Waals surface area contributed by atoms with Gasteiger partial charge in [0.2, 0.25) is 0 Å². The lowest BCUT2D eigenvalue weighted by atomic mass is 10.2. The van der Waals surface area contributed by atoms with E-state index in [2.05, 4.69) is 33.9 Å². The van der Waals surface area contributed by atoms with Crippen molar-refractivity contribution in [2.24, 2.45) is 0 Å². The van der Waals surface area contributed by atoms with E-state index >= 15 is 0 Å². The Morgan fingerprint density at radius 1 is 1.24 bits per heavy atom. The minimum Gasteiger partial charge on any atom is -0.462 e. The minimum absolute atomic E-state index is 0.243. The average Bonchev–Trinajstić information content (AvgIpc) is 2.13. The van der Waals surface area contributed by atoms with E-state index in [-0.39, 0.29) is 11.0 Å². The van der Waals surface area contributed by atoms with Crippen molar-refractivity contribution in [1.82, 2.24) is 0 Å². The van der Waals surface area contributed by atoms with Crippen LogP contribution < -0.4 is 0 Å². The molecule has 0 fully saturated rings. The van der Waals surface area contributed by atoms with E-state index < -0.39 is 8.32 Å². The van der Waals surface area contributed by atoms with Crippen LogP contribution in [0.1, 0.15) is 34.1 Å². The first-order chi connectivity index (χ1) is 7.67. The molecule has 0 aliphatic heterocycles. The largest absolute Gasteiger partial charge is 0.462 e. The fourth-order valence-electron chi connectivity index (χ4n) is 0.950. The summed E-state index contributed by atoms with van der Waals surface area (Å²) < 4.78 is 10.8. The highest BCUT2D eigenvalue weighted by Crippen LogP contribution is 2.36. The van der Waals surface area contributed by atoms with Crippen molar-refractivity contribution < 1.29 is 14.0 Å². The molecule has 0 rings (SSSR count). The maximum atomic E-state index is 10.5. The van der Waals surface area contributed by atoms with Gasteiger partial charge in [-0.25, -0.2) is 0 Å². The summed E-state index contributed by atoms with van der Waals surface area (Å²) in [7, 11) is -1.61. The van der Waals surface area contributed by atoms with E-state index in [0.717, 1.165) is 13.0 Å². The molecule has 0 saturated heterocycles. The van der Waals surface area contributed by atoms with Crippen LogP contribution in [0.25, 0.3) is 0 Å². The van der Waals surface area contributed by atoms with Gasteiger partial charge in [0.05, 0.1) is 0 Å². The van der Waals surface area contributed by atoms with Crippen LogP contribution >= 0.6 is 0 Å². The minimum atomic E-state index is -1.61.